The van der Waals surface area contributed by atoms with Crippen LogP contribution in [0.5, 0.6) is 0 Å². The summed E-state index contributed by atoms with van der Waals surface area (Å²) in [5.74, 6) is 0.327. The van der Waals surface area contributed by atoms with E-state index in [-0.39, 0.29) is 5.91 Å². The SMILES string of the molecule is CC(=O)Nc1ccc(I)c(Cl)n1. The van der Waals surface area contributed by atoms with Gasteiger partial charge in [-0.3, -0.25) is 4.79 Å². The summed E-state index contributed by atoms with van der Waals surface area (Å²) in [7, 11) is 0. The Balaban J connectivity index is 2.89. The molecule has 12 heavy (non-hydrogen) atoms. The average Bonchev–Trinajstić information content (AvgIpc) is 1.96. The van der Waals surface area contributed by atoms with Crippen molar-refractivity contribution in [3.63, 3.8) is 0 Å². The molecule has 5 heteroatoms. The van der Waals surface area contributed by atoms with Crippen molar-refractivity contribution < 1.29 is 4.79 Å². The minimum atomic E-state index is -0.153. The first-order chi connectivity index (χ1) is 5.59. The highest BCUT2D eigenvalue weighted by molar-refractivity contribution is 14.1. The summed E-state index contributed by atoms with van der Waals surface area (Å²) in [6, 6.07) is 3.50. The van der Waals surface area contributed by atoms with Crippen LogP contribution in [-0.4, -0.2) is 10.9 Å². The summed E-state index contributed by atoms with van der Waals surface area (Å²) in [4.78, 5) is 14.6. The highest BCUT2D eigenvalue weighted by atomic mass is 127. The third kappa shape index (κ3) is 2.60. The number of pyridine rings is 1. The lowest BCUT2D eigenvalue weighted by Gasteiger charge is -2.01. The van der Waals surface area contributed by atoms with E-state index < -0.39 is 0 Å². The van der Waals surface area contributed by atoms with Gasteiger partial charge in [-0.15, -0.1) is 0 Å². The van der Waals surface area contributed by atoms with Crippen LogP contribution in [0.2, 0.25) is 5.15 Å². The van der Waals surface area contributed by atoms with Crippen LogP contribution in [0, 0.1) is 3.57 Å². The summed E-state index contributed by atoms with van der Waals surface area (Å²) in [5, 5.41) is 2.94. The molecular weight excluding hydrogens is 290 g/mol. The van der Waals surface area contributed by atoms with E-state index in [1.165, 1.54) is 6.92 Å². The van der Waals surface area contributed by atoms with Crippen molar-refractivity contribution in [2.45, 2.75) is 6.92 Å². The molecule has 0 aliphatic heterocycles. The number of nitrogens with zero attached hydrogens (tertiary/aromatic N) is 1. The Kier molecular flexibility index (Phi) is 3.28. The van der Waals surface area contributed by atoms with E-state index in [2.05, 4.69) is 32.9 Å². The zero-order valence-corrected chi connectivity index (χ0v) is 9.18. The van der Waals surface area contributed by atoms with E-state index in [0.29, 0.717) is 11.0 Å². The second-order valence-electron chi connectivity index (χ2n) is 2.15. The molecule has 1 aromatic rings. The minimum absolute atomic E-state index is 0.153. The Morgan fingerprint density at radius 1 is 1.67 bits per heavy atom. The highest BCUT2D eigenvalue weighted by Crippen LogP contribution is 2.17. The van der Waals surface area contributed by atoms with Crippen LogP contribution in [0.1, 0.15) is 6.92 Å². The van der Waals surface area contributed by atoms with E-state index in [1.54, 1.807) is 12.1 Å². The molecule has 1 heterocycles. The maximum atomic E-state index is 10.6. The summed E-state index contributed by atoms with van der Waals surface area (Å²) in [5.41, 5.74) is 0. The van der Waals surface area contributed by atoms with E-state index in [0.717, 1.165) is 3.57 Å². The van der Waals surface area contributed by atoms with Crippen LogP contribution in [0.4, 0.5) is 5.82 Å². The Morgan fingerprint density at radius 3 is 2.83 bits per heavy atom. The fraction of sp³-hybridized carbons (Fsp3) is 0.143. The molecule has 0 aliphatic rings. The van der Waals surface area contributed by atoms with Gasteiger partial charge in [-0.2, -0.15) is 0 Å². The first-order valence-electron chi connectivity index (χ1n) is 3.19. The number of halogens is 2. The number of carbonyl (C=O) groups excluding carboxylic acids is 1. The largest absolute Gasteiger partial charge is 0.311 e. The summed E-state index contributed by atoms with van der Waals surface area (Å²) >= 11 is 7.79. The smallest absolute Gasteiger partial charge is 0.222 e. The van der Waals surface area contributed by atoms with Gasteiger partial charge in [0.2, 0.25) is 5.91 Å². The van der Waals surface area contributed by atoms with Crippen molar-refractivity contribution >= 4 is 45.9 Å². The third-order valence-corrected chi connectivity index (χ3v) is 2.58. The first kappa shape index (κ1) is 9.73. The molecule has 3 nitrogen and oxygen atoms in total. The molecule has 1 aromatic heterocycles. The van der Waals surface area contributed by atoms with Gasteiger partial charge in [-0.05, 0) is 34.7 Å². The van der Waals surface area contributed by atoms with E-state index >= 15 is 0 Å². The maximum Gasteiger partial charge on any atom is 0.222 e. The van der Waals surface area contributed by atoms with Crippen LogP contribution < -0.4 is 5.32 Å². The summed E-state index contributed by atoms with van der Waals surface area (Å²) < 4.78 is 0.864. The number of hydrogen-bond acceptors (Lipinski definition) is 2. The molecule has 0 unspecified atom stereocenters. The van der Waals surface area contributed by atoms with Crippen molar-refractivity contribution in [3.8, 4) is 0 Å². The highest BCUT2D eigenvalue weighted by Gasteiger charge is 2.00. The lowest BCUT2D eigenvalue weighted by molar-refractivity contribution is -0.114. The fourth-order valence-electron chi connectivity index (χ4n) is 0.667. The summed E-state index contributed by atoms with van der Waals surface area (Å²) in [6.45, 7) is 1.42. The first-order valence-corrected chi connectivity index (χ1v) is 4.65. The Labute approximate surface area is 88.7 Å². The van der Waals surface area contributed by atoms with Crippen molar-refractivity contribution in [1.82, 2.24) is 4.98 Å². The molecule has 64 valence electrons. The number of nitrogens with one attached hydrogen (secondary N) is 1. The molecule has 0 spiro atoms. The normalized spacial score (nSPS) is 9.58. The zero-order chi connectivity index (χ0) is 9.14. The molecule has 1 rings (SSSR count). The van der Waals surface area contributed by atoms with Crippen LogP contribution in [0.25, 0.3) is 0 Å². The van der Waals surface area contributed by atoms with Crippen LogP contribution >= 0.6 is 34.2 Å². The van der Waals surface area contributed by atoms with Gasteiger partial charge in [0.05, 0.1) is 3.57 Å². The van der Waals surface area contributed by atoms with E-state index in [4.69, 9.17) is 11.6 Å². The second kappa shape index (κ2) is 4.04. The summed E-state index contributed by atoms with van der Waals surface area (Å²) in [6.07, 6.45) is 0. The van der Waals surface area contributed by atoms with Gasteiger partial charge in [0.25, 0.3) is 0 Å². The van der Waals surface area contributed by atoms with E-state index in [1.807, 2.05) is 0 Å². The predicted molar refractivity (Wildman–Crippen MR) is 56.3 cm³/mol. The number of carbonyl (C=O) groups is 1. The molecule has 0 saturated heterocycles. The van der Waals surface area contributed by atoms with Gasteiger partial charge in [-0.25, -0.2) is 4.98 Å². The van der Waals surface area contributed by atoms with Crippen molar-refractivity contribution in [2.24, 2.45) is 0 Å². The lowest BCUT2D eigenvalue weighted by atomic mass is 10.4. The van der Waals surface area contributed by atoms with Gasteiger partial charge in [0.1, 0.15) is 11.0 Å². The molecular formula is C7H6ClIN2O. The van der Waals surface area contributed by atoms with Gasteiger partial charge in [0.15, 0.2) is 0 Å². The second-order valence-corrected chi connectivity index (χ2v) is 3.67. The number of rotatable bonds is 1. The van der Waals surface area contributed by atoms with E-state index in [9.17, 15) is 4.79 Å². The molecule has 0 aromatic carbocycles. The fourth-order valence-corrected chi connectivity index (χ4v) is 1.12. The third-order valence-electron chi connectivity index (χ3n) is 1.11. The van der Waals surface area contributed by atoms with Crippen molar-refractivity contribution in [1.29, 1.82) is 0 Å². The molecule has 0 radical (unpaired) electrons. The molecule has 1 N–H and O–H groups in total. The quantitative estimate of drug-likeness (QED) is 0.638. The molecule has 0 aliphatic carbocycles. The minimum Gasteiger partial charge on any atom is -0.311 e. The van der Waals surface area contributed by atoms with Gasteiger partial charge < -0.3 is 5.32 Å². The Morgan fingerprint density at radius 2 is 2.33 bits per heavy atom. The Bertz CT molecular complexity index is 316. The van der Waals surface area contributed by atoms with Gasteiger partial charge in [0, 0.05) is 6.92 Å². The van der Waals surface area contributed by atoms with Gasteiger partial charge in [-0.1, -0.05) is 11.6 Å². The number of amides is 1. The number of aromatic nitrogens is 1. The van der Waals surface area contributed by atoms with Crippen LogP contribution in [-0.2, 0) is 4.79 Å². The average molecular weight is 296 g/mol. The molecule has 1 amide bonds. The predicted octanol–water partition coefficient (Wildman–Crippen LogP) is 2.30. The van der Waals surface area contributed by atoms with Crippen LogP contribution in [0.15, 0.2) is 12.1 Å². The number of hydrogen-bond donors (Lipinski definition) is 1. The van der Waals surface area contributed by atoms with Gasteiger partial charge >= 0.3 is 0 Å². The van der Waals surface area contributed by atoms with Crippen molar-refractivity contribution in [3.05, 3.63) is 20.9 Å². The molecule has 0 saturated carbocycles. The van der Waals surface area contributed by atoms with Crippen molar-refractivity contribution in [2.75, 3.05) is 5.32 Å². The maximum absolute atomic E-state index is 10.6. The zero-order valence-electron chi connectivity index (χ0n) is 6.27. The van der Waals surface area contributed by atoms with Crippen LogP contribution in [0.3, 0.4) is 0 Å². The molecule has 0 fully saturated rings. The Hall–Kier alpha value is -0.360. The molecule has 0 atom stereocenters. The standard InChI is InChI=1S/C7H6ClIN2O/c1-4(12)10-6-3-2-5(9)7(8)11-6/h2-3H,1H3,(H,10,11,12). The number of anilines is 1. The molecule has 0 bridgehead atoms. The monoisotopic (exact) mass is 296 g/mol. The topological polar surface area (TPSA) is 42.0 Å². The lowest BCUT2D eigenvalue weighted by Crippen LogP contribution is -2.07.